The van der Waals surface area contributed by atoms with Gasteiger partial charge in [-0.15, -0.1) is 0 Å². The fourth-order valence-corrected chi connectivity index (χ4v) is 1.54. The maximum absolute atomic E-state index is 13.1. The van der Waals surface area contributed by atoms with E-state index in [0.717, 1.165) is 18.6 Å². The van der Waals surface area contributed by atoms with Crippen LogP contribution in [0.1, 0.15) is 31.9 Å². The second kappa shape index (κ2) is 6.02. The van der Waals surface area contributed by atoms with Crippen molar-refractivity contribution >= 4 is 0 Å². The van der Waals surface area contributed by atoms with Crippen LogP contribution in [0.2, 0.25) is 0 Å². The van der Waals surface area contributed by atoms with E-state index in [1.54, 1.807) is 0 Å². The molecule has 1 rings (SSSR count). The molecule has 2 atom stereocenters. The van der Waals surface area contributed by atoms with Gasteiger partial charge >= 0.3 is 0 Å². The van der Waals surface area contributed by atoms with Gasteiger partial charge in [-0.2, -0.15) is 0 Å². The van der Waals surface area contributed by atoms with Crippen molar-refractivity contribution in [3.63, 3.8) is 0 Å². The van der Waals surface area contributed by atoms with Crippen LogP contribution in [0.25, 0.3) is 0 Å². The van der Waals surface area contributed by atoms with E-state index in [-0.39, 0.29) is 18.6 Å². The zero-order chi connectivity index (χ0) is 13.0. The molecule has 3 N–H and O–H groups in total. The molecule has 0 amide bonds. The van der Waals surface area contributed by atoms with Gasteiger partial charge in [0, 0.05) is 18.6 Å². The highest BCUT2D eigenvalue weighted by Crippen LogP contribution is 2.19. The Morgan fingerprint density at radius 3 is 2.18 bits per heavy atom. The van der Waals surface area contributed by atoms with Crippen molar-refractivity contribution in [2.75, 3.05) is 6.54 Å². The quantitative estimate of drug-likeness (QED) is 0.783. The van der Waals surface area contributed by atoms with Crippen LogP contribution in [0.15, 0.2) is 12.1 Å². The van der Waals surface area contributed by atoms with Crippen molar-refractivity contribution in [1.29, 1.82) is 0 Å². The zero-order valence-electron chi connectivity index (χ0n) is 9.93. The highest BCUT2D eigenvalue weighted by atomic mass is 19.2. The average molecular weight is 246 g/mol. The molecule has 0 saturated carbocycles. The van der Waals surface area contributed by atoms with Crippen molar-refractivity contribution in [3.05, 3.63) is 35.1 Å². The highest BCUT2D eigenvalue weighted by Gasteiger charge is 2.17. The first kappa shape index (κ1) is 14.0. The number of hydrogen-bond donors (Lipinski definition) is 2. The third kappa shape index (κ3) is 3.44. The Labute approximate surface area is 99.0 Å². The highest BCUT2D eigenvalue weighted by molar-refractivity contribution is 5.23. The lowest BCUT2D eigenvalue weighted by Crippen LogP contribution is -2.34. The monoisotopic (exact) mass is 246 g/mol. The van der Waals surface area contributed by atoms with E-state index in [1.807, 2.05) is 13.8 Å². The van der Waals surface area contributed by atoms with Gasteiger partial charge < -0.3 is 11.1 Å². The molecule has 0 aliphatic rings. The van der Waals surface area contributed by atoms with E-state index in [2.05, 4.69) is 5.32 Å². The summed E-state index contributed by atoms with van der Waals surface area (Å²) in [5, 5.41) is 3.13. The molecule has 96 valence electrons. The Balaban J connectivity index is 2.96. The molecule has 1 aromatic rings. The molecule has 0 saturated heterocycles. The molecule has 0 radical (unpaired) electrons. The fraction of sp³-hybridized carbons (Fsp3) is 0.500. The normalized spacial score (nSPS) is 14.7. The lowest BCUT2D eigenvalue weighted by molar-refractivity contribution is 0.426. The average Bonchev–Trinajstić information content (AvgIpc) is 2.31. The third-order valence-corrected chi connectivity index (χ3v) is 2.74. The molecule has 2 nitrogen and oxygen atoms in total. The van der Waals surface area contributed by atoms with Gasteiger partial charge in [-0.05, 0) is 31.0 Å². The summed E-state index contributed by atoms with van der Waals surface area (Å²) in [6.45, 7) is 4.12. The van der Waals surface area contributed by atoms with Gasteiger partial charge in [0.2, 0.25) is 0 Å². The largest absolute Gasteiger partial charge is 0.329 e. The zero-order valence-corrected chi connectivity index (χ0v) is 9.93. The van der Waals surface area contributed by atoms with Crippen molar-refractivity contribution in [3.8, 4) is 0 Å². The summed E-state index contributed by atoms with van der Waals surface area (Å²) in [5.74, 6) is -3.83. The van der Waals surface area contributed by atoms with Gasteiger partial charge in [0.15, 0.2) is 17.5 Å². The summed E-state index contributed by atoms with van der Waals surface area (Å²) in [4.78, 5) is 0. The SMILES string of the molecule is CCC(C)NC(CN)c1cc(F)c(F)c(F)c1. The molecular formula is C12H17F3N2. The predicted molar refractivity (Wildman–Crippen MR) is 61.0 cm³/mol. The van der Waals surface area contributed by atoms with Crippen LogP contribution in [0.4, 0.5) is 13.2 Å². The second-order valence-electron chi connectivity index (χ2n) is 4.06. The van der Waals surface area contributed by atoms with Crippen LogP contribution in [0.5, 0.6) is 0 Å². The standard InChI is InChI=1S/C12H17F3N2/c1-3-7(2)17-11(6-16)8-4-9(13)12(15)10(14)5-8/h4-5,7,11,17H,3,6,16H2,1-2H3. The van der Waals surface area contributed by atoms with Crippen molar-refractivity contribution in [2.45, 2.75) is 32.4 Å². The lowest BCUT2D eigenvalue weighted by Gasteiger charge is -2.21. The Morgan fingerprint density at radius 2 is 1.76 bits per heavy atom. The number of benzene rings is 1. The summed E-state index contributed by atoms with van der Waals surface area (Å²) >= 11 is 0. The molecule has 0 bridgehead atoms. The number of rotatable bonds is 5. The van der Waals surface area contributed by atoms with E-state index in [0.29, 0.717) is 5.56 Å². The van der Waals surface area contributed by atoms with Crippen LogP contribution in [-0.2, 0) is 0 Å². The molecule has 0 heterocycles. The van der Waals surface area contributed by atoms with E-state index in [1.165, 1.54) is 0 Å². The summed E-state index contributed by atoms with van der Waals surface area (Å²) in [6.07, 6.45) is 0.864. The minimum atomic E-state index is -1.45. The van der Waals surface area contributed by atoms with E-state index in [9.17, 15) is 13.2 Å². The fourth-order valence-electron chi connectivity index (χ4n) is 1.54. The summed E-state index contributed by atoms with van der Waals surface area (Å²) < 4.78 is 39.0. The van der Waals surface area contributed by atoms with Gasteiger partial charge in [-0.25, -0.2) is 13.2 Å². The molecule has 5 heteroatoms. The van der Waals surface area contributed by atoms with Crippen LogP contribution in [-0.4, -0.2) is 12.6 Å². The number of halogens is 3. The number of nitrogens with one attached hydrogen (secondary N) is 1. The van der Waals surface area contributed by atoms with E-state index in [4.69, 9.17) is 5.73 Å². The summed E-state index contributed by atoms with van der Waals surface area (Å²) in [6, 6.07) is 1.74. The molecule has 0 aliphatic heterocycles. The molecule has 17 heavy (non-hydrogen) atoms. The maximum Gasteiger partial charge on any atom is 0.194 e. The first-order valence-corrected chi connectivity index (χ1v) is 5.60. The third-order valence-electron chi connectivity index (χ3n) is 2.74. The van der Waals surface area contributed by atoms with Gasteiger partial charge in [-0.3, -0.25) is 0 Å². The molecule has 2 unspecified atom stereocenters. The van der Waals surface area contributed by atoms with Crippen LogP contribution >= 0.6 is 0 Å². The van der Waals surface area contributed by atoms with Crippen molar-refractivity contribution in [2.24, 2.45) is 5.73 Å². The summed E-state index contributed by atoms with van der Waals surface area (Å²) in [7, 11) is 0. The molecule has 0 spiro atoms. The van der Waals surface area contributed by atoms with E-state index >= 15 is 0 Å². The Kier molecular flexibility index (Phi) is 4.96. The Morgan fingerprint density at radius 1 is 1.24 bits per heavy atom. The molecule has 0 aromatic heterocycles. The second-order valence-corrected chi connectivity index (χ2v) is 4.06. The molecule has 0 fully saturated rings. The molecule has 0 aliphatic carbocycles. The Bertz CT molecular complexity index is 359. The van der Waals surface area contributed by atoms with Crippen molar-refractivity contribution < 1.29 is 13.2 Å². The van der Waals surface area contributed by atoms with E-state index < -0.39 is 17.5 Å². The smallest absolute Gasteiger partial charge is 0.194 e. The molecule has 1 aromatic carbocycles. The maximum atomic E-state index is 13.1. The number of nitrogens with two attached hydrogens (primary N) is 1. The summed E-state index contributed by atoms with van der Waals surface area (Å²) in [5.41, 5.74) is 5.87. The van der Waals surface area contributed by atoms with Crippen LogP contribution < -0.4 is 11.1 Å². The van der Waals surface area contributed by atoms with Crippen molar-refractivity contribution in [1.82, 2.24) is 5.32 Å². The first-order chi connectivity index (χ1) is 7.99. The molecular weight excluding hydrogens is 229 g/mol. The van der Waals surface area contributed by atoms with Crippen LogP contribution in [0.3, 0.4) is 0 Å². The van der Waals surface area contributed by atoms with Gasteiger partial charge in [0.1, 0.15) is 0 Å². The first-order valence-electron chi connectivity index (χ1n) is 5.60. The predicted octanol–water partition coefficient (Wildman–Crippen LogP) is 2.49. The van der Waals surface area contributed by atoms with Crippen LogP contribution in [0, 0.1) is 17.5 Å². The minimum Gasteiger partial charge on any atom is -0.329 e. The topological polar surface area (TPSA) is 38.0 Å². The Hall–Kier alpha value is -1.07. The minimum absolute atomic E-state index is 0.166. The van der Waals surface area contributed by atoms with Gasteiger partial charge in [0.25, 0.3) is 0 Å². The van der Waals surface area contributed by atoms with Gasteiger partial charge in [0.05, 0.1) is 0 Å². The lowest BCUT2D eigenvalue weighted by atomic mass is 10.0. The number of hydrogen-bond acceptors (Lipinski definition) is 2. The van der Waals surface area contributed by atoms with Gasteiger partial charge in [-0.1, -0.05) is 6.92 Å².